The summed E-state index contributed by atoms with van der Waals surface area (Å²) in [4.78, 5) is 16.2. The number of rotatable bonds is 4. The number of aromatic nitrogens is 2. The molecule has 0 fully saturated rings. The van der Waals surface area contributed by atoms with Crippen molar-refractivity contribution in [3.63, 3.8) is 0 Å². The smallest absolute Gasteiger partial charge is 0.293 e. The first kappa shape index (κ1) is 13.8. The summed E-state index contributed by atoms with van der Waals surface area (Å²) < 4.78 is 2.67. The minimum atomic E-state index is -0.0889. The third-order valence-electron chi connectivity index (χ3n) is 2.98. The first-order chi connectivity index (χ1) is 9.11. The Morgan fingerprint density at radius 1 is 1.37 bits per heavy atom. The molecule has 1 heterocycles. The third-order valence-corrected chi connectivity index (χ3v) is 3.51. The van der Waals surface area contributed by atoms with E-state index in [1.54, 1.807) is 17.0 Å². The maximum atomic E-state index is 12.1. The summed E-state index contributed by atoms with van der Waals surface area (Å²) in [6, 6.07) is 8.03. The van der Waals surface area contributed by atoms with E-state index in [0.717, 1.165) is 10.0 Å². The summed E-state index contributed by atoms with van der Waals surface area (Å²) in [6.07, 6.45) is 3.33. The van der Waals surface area contributed by atoms with E-state index in [1.165, 1.54) is 0 Å². The van der Waals surface area contributed by atoms with Crippen LogP contribution in [0.3, 0.4) is 0 Å². The minimum absolute atomic E-state index is 0.0287. The van der Waals surface area contributed by atoms with Gasteiger partial charge < -0.3 is 9.88 Å². The lowest BCUT2D eigenvalue weighted by Gasteiger charge is -2.15. The average Bonchev–Trinajstić information content (AvgIpc) is 2.42. The van der Waals surface area contributed by atoms with Gasteiger partial charge in [-0.2, -0.15) is 0 Å². The number of aryl methyl sites for hydroxylation is 1. The van der Waals surface area contributed by atoms with E-state index in [0.29, 0.717) is 12.4 Å². The molecule has 19 heavy (non-hydrogen) atoms. The van der Waals surface area contributed by atoms with E-state index in [-0.39, 0.29) is 11.6 Å². The van der Waals surface area contributed by atoms with Gasteiger partial charge in [0, 0.05) is 23.4 Å². The molecule has 2 rings (SSSR count). The highest BCUT2D eigenvalue weighted by molar-refractivity contribution is 9.10. The van der Waals surface area contributed by atoms with Gasteiger partial charge in [0.15, 0.2) is 5.82 Å². The number of halogens is 1. The van der Waals surface area contributed by atoms with E-state index in [2.05, 4.69) is 26.2 Å². The summed E-state index contributed by atoms with van der Waals surface area (Å²) in [5.41, 5.74) is 1.02. The van der Waals surface area contributed by atoms with Crippen molar-refractivity contribution in [1.29, 1.82) is 0 Å². The van der Waals surface area contributed by atoms with Gasteiger partial charge in [0.2, 0.25) is 0 Å². The van der Waals surface area contributed by atoms with Crippen LogP contribution >= 0.6 is 15.9 Å². The number of hydrogen-bond donors (Lipinski definition) is 1. The van der Waals surface area contributed by atoms with Crippen LogP contribution in [0.25, 0.3) is 0 Å². The van der Waals surface area contributed by atoms with Crippen LogP contribution in [0.2, 0.25) is 0 Å². The van der Waals surface area contributed by atoms with Crippen LogP contribution in [-0.4, -0.2) is 9.55 Å². The van der Waals surface area contributed by atoms with Gasteiger partial charge in [0.1, 0.15) is 0 Å². The second-order valence-electron chi connectivity index (χ2n) is 4.28. The van der Waals surface area contributed by atoms with E-state index in [4.69, 9.17) is 0 Å². The molecule has 5 heteroatoms. The van der Waals surface area contributed by atoms with E-state index in [9.17, 15) is 4.79 Å². The molecule has 0 radical (unpaired) electrons. The molecule has 0 bridgehead atoms. The molecule has 0 saturated heterocycles. The predicted molar refractivity (Wildman–Crippen MR) is 80.4 cm³/mol. The third kappa shape index (κ3) is 3.23. The highest BCUT2D eigenvalue weighted by Gasteiger charge is 2.09. The standard InChI is InChI=1S/C14H16BrN3O/c1-3-18-9-8-16-13(14(18)19)17-10(2)11-4-6-12(15)7-5-11/h4-10H,3H2,1-2H3,(H,16,17). The minimum Gasteiger partial charge on any atom is -0.359 e. The van der Waals surface area contributed by atoms with Crippen LogP contribution in [0.1, 0.15) is 25.5 Å². The van der Waals surface area contributed by atoms with Gasteiger partial charge >= 0.3 is 0 Å². The van der Waals surface area contributed by atoms with Gasteiger partial charge in [-0.3, -0.25) is 4.79 Å². The lowest BCUT2D eigenvalue weighted by Crippen LogP contribution is -2.24. The van der Waals surface area contributed by atoms with Crippen molar-refractivity contribution in [2.45, 2.75) is 26.4 Å². The van der Waals surface area contributed by atoms with Crippen LogP contribution in [-0.2, 0) is 6.54 Å². The summed E-state index contributed by atoms with van der Waals surface area (Å²) >= 11 is 3.41. The molecule has 1 atom stereocenters. The Morgan fingerprint density at radius 3 is 2.68 bits per heavy atom. The zero-order valence-corrected chi connectivity index (χ0v) is 12.5. The number of benzene rings is 1. The molecule has 0 spiro atoms. The van der Waals surface area contributed by atoms with Crippen LogP contribution < -0.4 is 10.9 Å². The highest BCUT2D eigenvalue weighted by Crippen LogP contribution is 2.18. The van der Waals surface area contributed by atoms with Crippen molar-refractivity contribution in [3.05, 3.63) is 57.0 Å². The topological polar surface area (TPSA) is 46.9 Å². The van der Waals surface area contributed by atoms with Gasteiger partial charge in [-0.1, -0.05) is 28.1 Å². The molecular formula is C14H16BrN3O. The highest BCUT2D eigenvalue weighted by atomic mass is 79.9. The van der Waals surface area contributed by atoms with E-state index < -0.39 is 0 Å². The Labute approximate surface area is 120 Å². The molecule has 0 saturated carbocycles. The molecule has 0 aliphatic heterocycles. The number of nitrogens with one attached hydrogen (secondary N) is 1. The number of anilines is 1. The van der Waals surface area contributed by atoms with Crippen molar-refractivity contribution >= 4 is 21.7 Å². The molecule has 1 unspecified atom stereocenters. The van der Waals surface area contributed by atoms with Gasteiger partial charge in [-0.15, -0.1) is 0 Å². The largest absolute Gasteiger partial charge is 0.359 e. The molecule has 0 aliphatic carbocycles. The Morgan fingerprint density at radius 2 is 2.05 bits per heavy atom. The normalized spacial score (nSPS) is 12.2. The lowest BCUT2D eigenvalue weighted by atomic mass is 10.1. The maximum Gasteiger partial charge on any atom is 0.293 e. The van der Waals surface area contributed by atoms with Gasteiger partial charge in [-0.05, 0) is 31.5 Å². The zero-order chi connectivity index (χ0) is 13.8. The first-order valence-corrected chi connectivity index (χ1v) is 6.98. The molecular weight excluding hydrogens is 306 g/mol. The summed E-state index contributed by atoms with van der Waals surface area (Å²) in [6.45, 7) is 4.58. The van der Waals surface area contributed by atoms with Gasteiger partial charge in [0.05, 0.1) is 6.04 Å². The first-order valence-electron chi connectivity index (χ1n) is 6.19. The van der Waals surface area contributed by atoms with Crippen LogP contribution in [0.4, 0.5) is 5.82 Å². The zero-order valence-electron chi connectivity index (χ0n) is 10.9. The average molecular weight is 322 g/mol. The van der Waals surface area contributed by atoms with Crippen LogP contribution in [0, 0.1) is 0 Å². The van der Waals surface area contributed by atoms with Crippen molar-refractivity contribution in [2.75, 3.05) is 5.32 Å². The second kappa shape index (κ2) is 6.02. The SMILES string of the molecule is CCn1ccnc(NC(C)c2ccc(Br)cc2)c1=O. The van der Waals surface area contributed by atoms with Gasteiger partial charge in [0.25, 0.3) is 5.56 Å². The molecule has 0 aliphatic rings. The quantitative estimate of drug-likeness (QED) is 0.940. The Balaban J connectivity index is 2.21. The number of nitrogens with zero attached hydrogens (tertiary/aromatic N) is 2. The molecule has 1 aromatic heterocycles. The fourth-order valence-corrected chi connectivity index (χ4v) is 2.10. The summed E-state index contributed by atoms with van der Waals surface area (Å²) in [7, 11) is 0. The van der Waals surface area contributed by atoms with E-state index in [1.807, 2.05) is 38.1 Å². The van der Waals surface area contributed by atoms with Crippen molar-refractivity contribution < 1.29 is 0 Å². The number of hydrogen-bond acceptors (Lipinski definition) is 3. The van der Waals surface area contributed by atoms with Crippen LogP contribution in [0.5, 0.6) is 0 Å². The Hall–Kier alpha value is -1.62. The fraction of sp³-hybridized carbons (Fsp3) is 0.286. The fourth-order valence-electron chi connectivity index (χ4n) is 1.84. The van der Waals surface area contributed by atoms with Gasteiger partial charge in [-0.25, -0.2) is 4.98 Å². The Bertz CT molecular complexity index is 607. The predicted octanol–water partition coefficient (Wildman–Crippen LogP) is 3.20. The van der Waals surface area contributed by atoms with Crippen molar-refractivity contribution in [2.24, 2.45) is 0 Å². The summed E-state index contributed by atoms with van der Waals surface area (Å²) in [5.74, 6) is 0.389. The lowest BCUT2D eigenvalue weighted by molar-refractivity contribution is 0.714. The maximum absolute atomic E-state index is 12.1. The molecule has 100 valence electrons. The second-order valence-corrected chi connectivity index (χ2v) is 5.20. The molecule has 0 amide bonds. The summed E-state index contributed by atoms with van der Waals surface area (Å²) in [5, 5.41) is 3.16. The van der Waals surface area contributed by atoms with Crippen molar-refractivity contribution in [1.82, 2.24) is 9.55 Å². The molecule has 1 aromatic carbocycles. The molecule has 1 N–H and O–H groups in total. The molecule has 2 aromatic rings. The Kier molecular flexibility index (Phi) is 4.37. The monoisotopic (exact) mass is 321 g/mol. The van der Waals surface area contributed by atoms with Crippen LogP contribution in [0.15, 0.2) is 45.9 Å². The molecule has 4 nitrogen and oxygen atoms in total. The van der Waals surface area contributed by atoms with E-state index >= 15 is 0 Å². The van der Waals surface area contributed by atoms with Crippen molar-refractivity contribution in [3.8, 4) is 0 Å².